The van der Waals surface area contributed by atoms with Crippen molar-refractivity contribution in [3.63, 3.8) is 0 Å². The second kappa shape index (κ2) is 5.95. The van der Waals surface area contributed by atoms with E-state index < -0.39 is 0 Å². The highest BCUT2D eigenvalue weighted by molar-refractivity contribution is 7.10. The van der Waals surface area contributed by atoms with Gasteiger partial charge in [0, 0.05) is 16.9 Å². The Kier molecular flexibility index (Phi) is 4.03. The molecule has 2 aromatic rings. The molecule has 0 bridgehead atoms. The zero-order valence-corrected chi connectivity index (χ0v) is 12.6. The van der Waals surface area contributed by atoms with Crippen LogP contribution in [0.4, 0.5) is 4.39 Å². The minimum absolute atomic E-state index is 0.123. The lowest BCUT2D eigenvalue weighted by Gasteiger charge is -2.19. The smallest absolute Gasteiger partial charge is 0.258 e. The maximum atomic E-state index is 13.4. The van der Waals surface area contributed by atoms with Gasteiger partial charge in [-0.25, -0.2) is 9.40 Å². The number of nitrogens with zero attached hydrogens (tertiary/aromatic N) is 2. The summed E-state index contributed by atoms with van der Waals surface area (Å²) in [6, 6.07) is 9.99. The highest BCUT2D eigenvalue weighted by atomic mass is 35.5. The summed E-state index contributed by atoms with van der Waals surface area (Å²) in [6.07, 6.45) is 0.562. The fourth-order valence-electron chi connectivity index (χ4n) is 2.35. The summed E-state index contributed by atoms with van der Waals surface area (Å²) in [7, 11) is 0. The molecule has 1 aliphatic rings. The molecular weight excluding hydrogens is 311 g/mol. The highest BCUT2D eigenvalue weighted by Gasteiger charge is 2.33. The maximum absolute atomic E-state index is 13.4. The van der Waals surface area contributed by atoms with Crippen LogP contribution in [0, 0.1) is 5.82 Å². The molecule has 21 heavy (non-hydrogen) atoms. The molecule has 1 amide bonds. The third-order valence-corrected chi connectivity index (χ3v) is 4.51. The Labute approximate surface area is 130 Å². The molecule has 0 N–H and O–H groups in total. The van der Waals surface area contributed by atoms with E-state index in [-0.39, 0.29) is 23.6 Å². The van der Waals surface area contributed by atoms with Crippen molar-refractivity contribution in [3.05, 3.63) is 58.0 Å². The number of benzene rings is 1. The molecule has 0 radical (unpaired) electrons. The van der Waals surface area contributed by atoms with Gasteiger partial charge in [-0.2, -0.15) is 5.10 Å². The molecule has 6 heteroatoms. The van der Waals surface area contributed by atoms with Gasteiger partial charge in [0.2, 0.25) is 0 Å². The summed E-state index contributed by atoms with van der Waals surface area (Å²) in [5, 5.41) is 7.74. The van der Waals surface area contributed by atoms with Crippen LogP contribution in [-0.4, -0.2) is 22.5 Å². The van der Waals surface area contributed by atoms with Gasteiger partial charge in [-0.15, -0.1) is 22.9 Å². The van der Waals surface area contributed by atoms with Crippen LogP contribution in [0.1, 0.15) is 22.9 Å². The number of hydrogen-bond acceptors (Lipinski definition) is 3. The van der Waals surface area contributed by atoms with Crippen molar-refractivity contribution in [1.82, 2.24) is 5.01 Å². The van der Waals surface area contributed by atoms with E-state index in [1.807, 2.05) is 17.5 Å². The maximum Gasteiger partial charge on any atom is 0.258 e. The number of alkyl halides is 1. The van der Waals surface area contributed by atoms with E-state index in [1.165, 1.54) is 17.1 Å². The van der Waals surface area contributed by atoms with Gasteiger partial charge in [0.25, 0.3) is 5.91 Å². The zero-order valence-electron chi connectivity index (χ0n) is 11.0. The second-order valence-corrected chi connectivity index (χ2v) is 5.91. The van der Waals surface area contributed by atoms with Crippen LogP contribution >= 0.6 is 22.9 Å². The Morgan fingerprint density at radius 3 is 2.95 bits per heavy atom. The first kappa shape index (κ1) is 14.2. The molecule has 3 nitrogen and oxygen atoms in total. The lowest BCUT2D eigenvalue weighted by molar-refractivity contribution is -0.130. The minimum Gasteiger partial charge on any atom is -0.272 e. The first-order chi connectivity index (χ1) is 10.2. The molecule has 108 valence electrons. The average Bonchev–Trinajstić information content (AvgIpc) is 3.15. The van der Waals surface area contributed by atoms with Crippen molar-refractivity contribution in [2.75, 3.05) is 5.88 Å². The molecule has 0 unspecified atom stereocenters. The number of hydrogen-bond donors (Lipinski definition) is 0. The van der Waals surface area contributed by atoms with Gasteiger partial charge in [-0.3, -0.25) is 4.79 Å². The standard InChI is InChI=1S/C15H12ClFN2OS/c16-9-15(20)19-13(14-5-2-6-21-14)8-12(18-19)10-3-1-4-11(17)7-10/h1-7,13H,8-9H2/t13-/m0/s1. The van der Waals surface area contributed by atoms with Crippen molar-refractivity contribution >= 4 is 34.6 Å². The predicted molar refractivity (Wildman–Crippen MR) is 82.2 cm³/mol. The first-order valence-corrected chi connectivity index (χ1v) is 7.85. The van der Waals surface area contributed by atoms with E-state index >= 15 is 0 Å². The van der Waals surface area contributed by atoms with Crippen LogP contribution in [0.2, 0.25) is 0 Å². The first-order valence-electron chi connectivity index (χ1n) is 6.44. The van der Waals surface area contributed by atoms with Gasteiger partial charge in [0.1, 0.15) is 11.7 Å². The number of halogens is 2. The van der Waals surface area contributed by atoms with Crippen molar-refractivity contribution in [1.29, 1.82) is 0 Å². The fourth-order valence-corrected chi connectivity index (χ4v) is 3.28. The van der Waals surface area contributed by atoms with Gasteiger partial charge in [-0.05, 0) is 23.6 Å². The molecule has 1 atom stereocenters. The van der Waals surface area contributed by atoms with E-state index in [0.717, 1.165) is 4.88 Å². The van der Waals surface area contributed by atoms with E-state index in [1.54, 1.807) is 23.5 Å². The summed E-state index contributed by atoms with van der Waals surface area (Å²) < 4.78 is 13.4. The van der Waals surface area contributed by atoms with Crippen molar-refractivity contribution < 1.29 is 9.18 Å². The minimum atomic E-state index is -0.315. The predicted octanol–water partition coefficient (Wildman–Crippen LogP) is 3.80. The Hall–Kier alpha value is -1.72. The lowest BCUT2D eigenvalue weighted by atomic mass is 10.0. The van der Waals surface area contributed by atoms with E-state index in [0.29, 0.717) is 17.7 Å². The number of amides is 1. The number of hydrazone groups is 1. The lowest BCUT2D eigenvalue weighted by Crippen LogP contribution is -2.27. The van der Waals surface area contributed by atoms with Crippen LogP contribution in [-0.2, 0) is 4.79 Å². The Balaban J connectivity index is 1.95. The van der Waals surface area contributed by atoms with Crippen LogP contribution in [0.5, 0.6) is 0 Å². The van der Waals surface area contributed by atoms with E-state index in [9.17, 15) is 9.18 Å². The largest absolute Gasteiger partial charge is 0.272 e. The summed E-state index contributed by atoms with van der Waals surface area (Å²) in [5.41, 5.74) is 1.40. The number of carbonyl (C=O) groups is 1. The monoisotopic (exact) mass is 322 g/mol. The normalized spacial score (nSPS) is 17.9. The molecule has 3 rings (SSSR count). The topological polar surface area (TPSA) is 32.7 Å². The highest BCUT2D eigenvalue weighted by Crippen LogP contribution is 2.35. The van der Waals surface area contributed by atoms with Gasteiger partial charge >= 0.3 is 0 Å². The molecule has 1 aromatic heterocycles. The second-order valence-electron chi connectivity index (χ2n) is 4.66. The molecule has 0 fully saturated rings. The summed E-state index contributed by atoms with van der Waals surface area (Å²) in [4.78, 5) is 13.0. The third kappa shape index (κ3) is 2.84. The van der Waals surface area contributed by atoms with Crippen LogP contribution in [0.15, 0.2) is 46.9 Å². The summed E-state index contributed by atoms with van der Waals surface area (Å²) >= 11 is 7.23. The molecular formula is C15H12ClFN2OS. The van der Waals surface area contributed by atoms with Crippen molar-refractivity contribution in [2.45, 2.75) is 12.5 Å². The van der Waals surface area contributed by atoms with Crippen molar-refractivity contribution in [3.8, 4) is 0 Å². The molecule has 0 spiro atoms. The van der Waals surface area contributed by atoms with Gasteiger partial charge < -0.3 is 0 Å². The van der Waals surface area contributed by atoms with Gasteiger partial charge in [0.05, 0.1) is 11.8 Å². The quantitative estimate of drug-likeness (QED) is 0.791. The average molecular weight is 323 g/mol. The molecule has 1 aliphatic heterocycles. The molecule has 1 aromatic carbocycles. The number of rotatable bonds is 3. The third-order valence-electron chi connectivity index (χ3n) is 3.31. The summed E-state index contributed by atoms with van der Waals surface area (Å²) in [6.45, 7) is 0. The molecule has 0 aliphatic carbocycles. The van der Waals surface area contributed by atoms with Crippen LogP contribution in [0.25, 0.3) is 0 Å². The van der Waals surface area contributed by atoms with Crippen LogP contribution in [0.3, 0.4) is 0 Å². The Morgan fingerprint density at radius 2 is 2.29 bits per heavy atom. The fraction of sp³-hybridized carbons (Fsp3) is 0.200. The van der Waals surface area contributed by atoms with Crippen molar-refractivity contribution in [2.24, 2.45) is 5.10 Å². The van der Waals surface area contributed by atoms with Crippen LogP contribution < -0.4 is 0 Å². The Morgan fingerprint density at radius 1 is 1.43 bits per heavy atom. The zero-order chi connectivity index (χ0) is 14.8. The van der Waals surface area contributed by atoms with E-state index in [2.05, 4.69) is 5.10 Å². The molecule has 0 saturated carbocycles. The molecule has 2 heterocycles. The molecule has 0 saturated heterocycles. The number of thiophene rings is 1. The number of carbonyl (C=O) groups excluding carboxylic acids is 1. The summed E-state index contributed by atoms with van der Waals surface area (Å²) in [5.74, 6) is -0.687. The van der Waals surface area contributed by atoms with Gasteiger partial charge in [-0.1, -0.05) is 18.2 Å². The SMILES string of the molecule is O=C(CCl)N1N=C(c2cccc(F)c2)C[C@H]1c1cccs1. The van der Waals surface area contributed by atoms with Gasteiger partial charge in [0.15, 0.2) is 0 Å². The Bertz CT molecular complexity index is 687. The van der Waals surface area contributed by atoms with E-state index in [4.69, 9.17) is 11.6 Å².